The Kier molecular flexibility index (Phi) is 2.14. The standard InChI is InChI=1S/C9H13N3O/c1-6-3-7-8(4-10-6)11-5-12-9(7)13-2/h5-6,10H,3-4H2,1-2H3. The largest absolute Gasteiger partial charge is 0.481 e. The molecule has 1 unspecified atom stereocenters. The SMILES string of the molecule is COc1ncnc2c1CC(C)NC2. The quantitative estimate of drug-likeness (QED) is 0.682. The molecule has 1 aromatic rings. The number of hydrogen-bond donors (Lipinski definition) is 1. The van der Waals surface area contributed by atoms with E-state index in [0.717, 1.165) is 30.1 Å². The maximum Gasteiger partial charge on any atom is 0.219 e. The first-order chi connectivity index (χ1) is 6.31. The number of hydrogen-bond acceptors (Lipinski definition) is 4. The van der Waals surface area contributed by atoms with Crippen LogP contribution >= 0.6 is 0 Å². The van der Waals surface area contributed by atoms with E-state index in [9.17, 15) is 0 Å². The fraction of sp³-hybridized carbons (Fsp3) is 0.556. The molecular weight excluding hydrogens is 166 g/mol. The third-order valence-corrected chi connectivity index (χ3v) is 2.32. The van der Waals surface area contributed by atoms with Gasteiger partial charge in [-0.25, -0.2) is 9.97 Å². The van der Waals surface area contributed by atoms with Gasteiger partial charge in [0.25, 0.3) is 0 Å². The summed E-state index contributed by atoms with van der Waals surface area (Å²) in [4.78, 5) is 8.29. The van der Waals surface area contributed by atoms with Crippen LogP contribution in [0, 0.1) is 0 Å². The molecule has 0 saturated carbocycles. The Hall–Kier alpha value is -1.16. The van der Waals surface area contributed by atoms with Crippen molar-refractivity contribution in [3.8, 4) is 5.88 Å². The molecular formula is C9H13N3O. The van der Waals surface area contributed by atoms with Gasteiger partial charge in [-0.1, -0.05) is 0 Å². The zero-order valence-corrected chi connectivity index (χ0v) is 7.87. The zero-order valence-electron chi connectivity index (χ0n) is 7.87. The molecule has 4 nitrogen and oxygen atoms in total. The highest BCUT2D eigenvalue weighted by atomic mass is 16.5. The summed E-state index contributed by atoms with van der Waals surface area (Å²) in [6, 6.07) is 0.479. The molecule has 4 heteroatoms. The van der Waals surface area contributed by atoms with Gasteiger partial charge in [-0.15, -0.1) is 0 Å². The summed E-state index contributed by atoms with van der Waals surface area (Å²) in [6.45, 7) is 2.96. The fourth-order valence-electron chi connectivity index (χ4n) is 1.61. The molecule has 70 valence electrons. The van der Waals surface area contributed by atoms with Crippen LogP contribution in [0.25, 0.3) is 0 Å². The predicted octanol–water partition coefficient (Wildman–Crippen LogP) is 0.519. The van der Waals surface area contributed by atoms with Crippen LogP contribution in [-0.4, -0.2) is 23.1 Å². The Bertz CT molecular complexity index is 299. The van der Waals surface area contributed by atoms with Crippen LogP contribution in [-0.2, 0) is 13.0 Å². The maximum absolute atomic E-state index is 5.18. The summed E-state index contributed by atoms with van der Waals surface area (Å²) in [7, 11) is 1.65. The lowest BCUT2D eigenvalue weighted by molar-refractivity contribution is 0.379. The van der Waals surface area contributed by atoms with Crippen molar-refractivity contribution in [1.82, 2.24) is 15.3 Å². The van der Waals surface area contributed by atoms with E-state index in [2.05, 4.69) is 22.2 Å². The Balaban J connectivity index is 2.41. The molecule has 1 aliphatic heterocycles. The van der Waals surface area contributed by atoms with E-state index in [4.69, 9.17) is 4.74 Å². The Labute approximate surface area is 77.4 Å². The second kappa shape index (κ2) is 3.30. The first-order valence-electron chi connectivity index (χ1n) is 4.41. The van der Waals surface area contributed by atoms with Gasteiger partial charge >= 0.3 is 0 Å². The van der Waals surface area contributed by atoms with Gasteiger partial charge < -0.3 is 10.1 Å². The van der Waals surface area contributed by atoms with E-state index < -0.39 is 0 Å². The highest BCUT2D eigenvalue weighted by Crippen LogP contribution is 2.22. The third kappa shape index (κ3) is 1.49. The van der Waals surface area contributed by atoms with Crippen molar-refractivity contribution < 1.29 is 4.74 Å². The Morgan fingerprint density at radius 3 is 3.15 bits per heavy atom. The molecule has 2 rings (SSSR count). The van der Waals surface area contributed by atoms with E-state index in [1.165, 1.54) is 0 Å². The van der Waals surface area contributed by atoms with Gasteiger partial charge in [0.2, 0.25) is 5.88 Å². The van der Waals surface area contributed by atoms with E-state index in [-0.39, 0.29) is 0 Å². The lowest BCUT2D eigenvalue weighted by atomic mass is 10.0. The van der Waals surface area contributed by atoms with Crippen LogP contribution in [0.1, 0.15) is 18.2 Å². The number of rotatable bonds is 1. The van der Waals surface area contributed by atoms with Crippen LogP contribution in [0.3, 0.4) is 0 Å². The summed E-state index contributed by atoms with van der Waals surface area (Å²) < 4.78 is 5.18. The molecule has 0 aliphatic carbocycles. The lowest BCUT2D eigenvalue weighted by Crippen LogP contribution is -2.33. The van der Waals surface area contributed by atoms with Crippen LogP contribution < -0.4 is 10.1 Å². The summed E-state index contributed by atoms with van der Waals surface area (Å²) in [5, 5.41) is 3.34. The van der Waals surface area contributed by atoms with E-state index in [0.29, 0.717) is 6.04 Å². The van der Waals surface area contributed by atoms with Gasteiger partial charge in [0, 0.05) is 18.2 Å². The minimum absolute atomic E-state index is 0.479. The average Bonchev–Trinajstić information content (AvgIpc) is 2.17. The van der Waals surface area contributed by atoms with Gasteiger partial charge in [-0.05, 0) is 13.3 Å². The highest BCUT2D eigenvalue weighted by Gasteiger charge is 2.19. The first-order valence-corrected chi connectivity index (χ1v) is 4.41. The number of aromatic nitrogens is 2. The number of methoxy groups -OCH3 is 1. The van der Waals surface area contributed by atoms with Crippen molar-refractivity contribution >= 4 is 0 Å². The first kappa shape index (κ1) is 8.44. The van der Waals surface area contributed by atoms with Crippen LogP contribution in [0.4, 0.5) is 0 Å². The van der Waals surface area contributed by atoms with Crippen LogP contribution in [0.2, 0.25) is 0 Å². The molecule has 1 N–H and O–H groups in total. The molecule has 1 aliphatic rings. The molecule has 2 heterocycles. The van der Waals surface area contributed by atoms with Gasteiger partial charge in [-0.2, -0.15) is 0 Å². The van der Waals surface area contributed by atoms with Crippen molar-refractivity contribution in [2.75, 3.05) is 7.11 Å². The molecule has 0 saturated heterocycles. The van der Waals surface area contributed by atoms with Crippen molar-refractivity contribution in [1.29, 1.82) is 0 Å². The molecule has 0 fully saturated rings. The topological polar surface area (TPSA) is 47.0 Å². The van der Waals surface area contributed by atoms with Crippen molar-refractivity contribution in [3.63, 3.8) is 0 Å². The summed E-state index contributed by atoms with van der Waals surface area (Å²) >= 11 is 0. The lowest BCUT2D eigenvalue weighted by Gasteiger charge is -2.22. The second-order valence-electron chi connectivity index (χ2n) is 3.29. The summed E-state index contributed by atoms with van der Waals surface area (Å²) in [6.07, 6.45) is 2.49. The number of nitrogens with zero attached hydrogens (tertiary/aromatic N) is 2. The van der Waals surface area contributed by atoms with Gasteiger partial charge in [-0.3, -0.25) is 0 Å². The molecule has 0 bridgehead atoms. The normalized spacial score (nSPS) is 20.9. The van der Waals surface area contributed by atoms with E-state index in [1.54, 1.807) is 13.4 Å². The number of nitrogens with one attached hydrogen (secondary N) is 1. The van der Waals surface area contributed by atoms with Crippen molar-refractivity contribution in [2.24, 2.45) is 0 Å². The van der Waals surface area contributed by atoms with Crippen LogP contribution in [0.5, 0.6) is 5.88 Å². The second-order valence-corrected chi connectivity index (χ2v) is 3.29. The Morgan fingerprint density at radius 1 is 1.54 bits per heavy atom. The van der Waals surface area contributed by atoms with Gasteiger partial charge in [0.1, 0.15) is 6.33 Å². The van der Waals surface area contributed by atoms with E-state index >= 15 is 0 Å². The number of fused-ring (bicyclic) bond motifs is 1. The maximum atomic E-state index is 5.18. The number of ether oxygens (including phenoxy) is 1. The van der Waals surface area contributed by atoms with Gasteiger partial charge in [0.15, 0.2) is 0 Å². The smallest absolute Gasteiger partial charge is 0.219 e. The predicted molar refractivity (Wildman–Crippen MR) is 48.6 cm³/mol. The molecule has 13 heavy (non-hydrogen) atoms. The van der Waals surface area contributed by atoms with Crippen molar-refractivity contribution in [2.45, 2.75) is 25.9 Å². The minimum Gasteiger partial charge on any atom is -0.481 e. The molecule has 0 aromatic carbocycles. The molecule has 1 atom stereocenters. The summed E-state index contributed by atoms with van der Waals surface area (Å²) in [5.41, 5.74) is 2.21. The van der Waals surface area contributed by atoms with Crippen LogP contribution in [0.15, 0.2) is 6.33 Å². The van der Waals surface area contributed by atoms with E-state index in [1.807, 2.05) is 0 Å². The molecule has 1 aromatic heterocycles. The summed E-state index contributed by atoms with van der Waals surface area (Å²) in [5.74, 6) is 0.721. The highest BCUT2D eigenvalue weighted by molar-refractivity contribution is 5.32. The Morgan fingerprint density at radius 2 is 2.38 bits per heavy atom. The average molecular weight is 179 g/mol. The van der Waals surface area contributed by atoms with Crippen molar-refractivity contribution in [3.05, 3.63) is 17.6 Å². The molecule has 0 radical (unpaired) electrons. The third-order valence-electron chi connectivity index (χ3n) is 2.32. The monoisotopic (exact) mass is 179 g/mol. The molecule has 0 amide bonds. The zero-order chi connectivity index (χ0) is 9.26. The molecule has 0 spiro atoms. The van der Waals surface area contributed by atoms with Gasteiger partial charge in [0.05, 0.1) is 12.8 Å². The minimum atomic E-state index is 0.479. The fourth-order valence-corrected chi connectivity index (χ4v) is 1.61.